The number of carbonyl (C=O) groups is 1. The maximum Gasteiger partial charge on any atom is 0.419 e. The van der Waals surface area contributed by atoms with Gasteiger partial charge in [0.05, 0.1) is 18.2 Å². The van der Waals surface area contributed by atoms with Gasteiger partial charge in [-0.3, -0.25) is 15.2 Å². The van der Waals surface area contributed by atoms with E-state index in [1.54, 1.807) is 0 Å². The smallest absolute Gasteiger partial charge is 0.393 e. The van der Waals surface area contributed by atoms with E-state index < -0.39 is 60.0 Å². The van der Waals surface area contributed by atoms with Gasteiger partial charge in [-0.25, -0.2) is 23.1 Å². The highest BCUT2D eigenvalue weighted by molar-refractivity contribution is 6.54. The average Bonchev–Trinajstić information content (AvgIpc) is 2.80. The van der Waals surface area contributed by atoms with Crippen molar-refractivity contribution in [2.75, 3.05) is 25.5 Å². The molecule has 14 heteroatoms. The van der Waals surface area contributed by atoms with Gasteiger partial charge in [-0.05, 0) is 18.1 Å². The minimum Gasteiger partial charge on any atom is -0.393 e. The maximum atomic E-state index is 14.4. The van der Waals surface area contributed by atoms with Crippen LogP contribution in [0.25, 0.3) is 5.57 Å². The topological polar surface area (TPSA) is 107 Å². The first kappa shape index (κ1) is 26.9. The van der Waals surface area contributed by atoms with Crippen molar-refractivity contribution in [1.82, 2.24) is 25.2 Å². The van der Waals surface area contributed by atoms with E-state index in [0.717, 1.165) is 11.0 Å². The minimum atomic E-state index is -4.63. The van der Waals surface area contributed by atoms with Crippen molar-refractivity contribution in [2.24, 2.45) is 5.92 Å². The lowest BCUT2D eigenvalue weighted by atomic mass is 9.87. The highest BCUT2D eigenvalue weighted by Gasteiger charge is 2.47. The fourth-order valence-corrected chi connectivity index (χ4v) is 3.89. The third-order valence-electron chi connectivity index (χ3n) is 5.57. The maximum absolute atomic E-state index is 14.4. The molecule has 194 valence electrons. The molecular weight excluding hydrogens is 492 g/mol. The molecule has 1 saturated heterocycles. The van der Waals surface area contributed by atoms with Crippen LogP contribution in [0.15, 0.2) is 36.9 Å². The first-order valence-electron chi connectivity index (χ1n) is 10.7. The first-order chi connectivity index (χ1) is 16.8. The summed E-state index contributed by atoms with van der Waals surface area (Å²) in [5.41, 5.74) is -2.37. The number of rotatable bonds is 7. The van der Waals surface area contributed by atoms with Gasteiger partial charge in [0.1, 0.15) is 17.2 Å². The summed E-state index contributed by atoms with van der Waals surface area (Å²) >= 11 is 0. The van der Waals surface area contributed by atoms with Crippen LogP contribution < -0.4 is 10.6 Å². The van der Waals surface area contributed by atoms with Crippen LogP contribution >= 0.6 is 0 Å². The van der Waals surface area contributed by atoms with Crippen LogP contribution in [0.2, 0.25) is 0 Å². The lowest BCUT2D eigenvalue weighted by Gasteiger charge is -2.43. The van der Waals surface area contributed by atoms with Gasteiger partial charge < -0.3 is 15.5 Å². The van der Waals surface area contributed by atoms with Crippen LogP contribution in [-0.4, -0.2) is 63.6 Å². The Labute approximate surface area is 202 Å². The van der Waals surface area contributed by atoms with Crippen molar-refractivity contribution < 1.29 is 31.1 Å². The second-order valence-corrected chi connectivity index (χ2v) is 8.27. The molecule has 1 fully saturated rings. The number of carbonyl (C=O) groups excluding carboxylic acids is 1. The number of piperidine rings is 1. The Bertz CT molecular complexity index is 1140. The van der Waals surface area contributed by atoms with Crippen LogP contribution in [0.4, 0.5) is 32.3 Å². The van der Waals surface area contributed by atoms with Gasteiger partial charge in [0.2, 0.25) is 5.95 Å². The van der Waals surface area contributed by atoms with Crippen molar-refractivity contribution in [3.05, 3.63) is 54.0 Å². The summed E-state index contributed by atoms with van der Waals surface area (Å²) < 4.78 is 81.4. The molecule has 0 bridgehead atoms. The Hall–Kier alpha value is -3.71. The molecule has 1 aliphatic rings. The van der Waals surface area contributed by atoms with Crippen molar-refractivity contribution in [1.29, 1.82) is 5.41 Å². The summed E-state index contributed by atoms with van der Waals surface area (Å²) in [6.07, 6.45) is -1.62. The van der Waals surface area contributed by atoms with Crippen molar-refractivity contribution >= 4 is 23.1 Å². The summed E-state index contributed by atoms with van der Waals surface area (Å²) in [7, 11) is 1.45. The second kappa shape index (κ2) is 10.5. The van der Waals surface area contributed by atoms with Gasteiger partial charge in [-0.1, -0.05) is 6.92 Å². The average molecular weight is 515 g/mol. The van der Waals surface area contributed by atoms with Gasteiger partial charge in [0.25, 0.3) is 11.8 Å². The van der Waals surface area contributed by atoms with Crippen molar-refractivity contribution in [3.8, 4) is 0 Å². The number of hydrogen-bond acceptors (Lipinski definition) is 7. The molecule has 1 unspecified atom stereocenters. The van der Waals surface area contributed by atoms with Crippen molar-refractivity contribution in [2.45, 2.75) is 31.5 Å². The Morgan fingerprint density at radius 3 is 2.53 bits per heavy atom. The number of pyridine rings is 1. The molecule has 2 aromatic rings. The quantitative estimate of drug-likeness (QED) is 0.385. The van der Waals surface area contributed by atoms with Crippen LogP contribution in [0, 0.1) is 17.1 Å². The molecule has 0 saturated carbocycles. The molecular formula is C22H23F6N7O. The van der Waals surface area contributed by atoms with E-state index in [2.05, 4.69) is 25.6 Å². The third-order valence-corrected chi connectivity index (χ3v) is 5.57. The molecule has 2 atom stereocenters. The Kier molecular flexibility index (Phi) is 7.84. The van der Waals surface area contributed by atoms with E-state index >= 15 is 0 Å². The fourth-order valence-electron chi connectivity index (χ4n) is 3.89. The summed E-state index contributed by atoms with van der Waals surface area (Å²) in [5, 5.41) is 13.7. The number of alkyl halides is 5. The number of nitrogens with zero attached hydrogens (tertiary/aromatic N) is 4. The molecule has 1 aliphatic heterocycles. The predicted octanol–water partition coefficient (Wildman–Crippen LogP) is 3.59. The molecule has 1 amide bonds. The van der Waals surface area contributed by atoms with Gasteiger partial charge >= 0.3 is 6.18 Å². The minimum absolute atomic E-state index is 0.176. The summed E-state index contributed by atoms with van der Waals surface area (Å²) in [6.45, 7) is 0.306. The number of hydrogen-bond donors (Lipinski definition) is 3. The van der Waals surface area contributed by atoms with Gasteiger partial charge in [-0.2, -0.15) is 13.2 Å². The molecule has 36 heavy (non-hydrogen) atoms. The SMILES string of the molecule is CN/C=C(\C(=N)C(=O)N1CC(F)(F)C[C@@H](C)C1CNc1ncc(C(F)(F)F)cn1)c1ncccc1F. The monoisotopic (exact) mass is 515 g/mol. The van der Waals surface area contributed by atoms with E-state index in [9.17, 15) is 31.1 Å². The van der Waals surface area contributed by atoms with Crippen molar-refractivity contribution in [3.63, 3.8) is 0 Å². The summed E-state index contributed by atoms with van der Waals surface area (Å²) in [6, 6.07) is 1.50. The fraction of sp³-hybridized carbons (Fsp3) is 0.409. The van der Waals surface area contributed by atoms with Crippen LogP contribution in [-0.2, 0) is 11.0 Å². The number of likely N-dealkylation sites (tertiary alicyclic amines) is 1. The Morgan fingerprint density at radius 1 is 1.28 bits per heavy atom. The number of aromatic nitrogens is 3. The largest absolute Gasteiger partial charge is 0.419 e. The van der Waals surface area contributed by atoms with E-state index in [4.69, 9.17) is 5.41 Å². The van der Waals surface area contributed by atoms with Gasteiger partial charge in [0.15, 0.2) is 0 Å². The highest BCUT2D eigenvalue weighted by atomic mass is 19.4. The number of halogens is 6. The van der Waals surface area contributed by atoms with Crippen LogP contribution in [0.1, 0.15) is 24.6 Å². The van der Waals surface area contributed by atoms with Crippen LogP contribution in [0.3, 0.4) is 0 Å². The molecule has 3 N–H and O–H groups in total. The zero-order chi connectivity index (χ0) is 26.7. The molecule has 3 rings (SSSR count). The molecule has 3 heterocycles. The third kappa shape index (κ3) is 6.10. The number of nitrogens with one attached hydrogen (secondary N) is 3. The number of amides is 1. The normalized spacial score (nSPS) is 20.1. The zero-order valence-electron chi connectivity index (χ0n) is 19.2. The van der Waals surface area contributed by atoms with E-state index in [1.165, 1.54) is 32.4 Å². The Morgan fingerprint density at radius 2 is 1.94 bits per heavy atom. The number of anilines is 1. The van der Waals surface area contributed by atoms with E-state index in [-0.39, 0.29) is 23.8 Å². The van der Waals surface area contributed by atoms with E-state index in [1.807, 2.05) is 0 Å². The zero-order valence-corrected chi connectivity index (χ0v) is 19.2. The second-order valence-electron chi connectivity index (χ2n) is 8.27. The van der Waals surface area contributed by atoms with Gasteiger partial charge in [0, 0.05) is 50.4 Å². The summed E-state index contributed by atoms with van der Waals surface area (Å²) in [4.78, 5) is 25.1. The predicted molar refractivity (Wildman–Crippen MR) is 119 cm³/mol. The lowest BCUT2D eigenvalue weighted by molar-refractivity contribution is -0.145. The molecule has 0 aliphatic carbocycles. The van der Waals surface area contributed by atoms with Crippen LogP contribution in [0.5, 0.6) is 0 Å². The summed E-state index contributed by atoms with van der Waals surface area (Å²) in [5.74, 6) is -6.11. The van der Waals surface area contributed by atoms with Gasteiger partial charge in [-0.15, -0.1) is 0 Å². The molecule has 0 radical (unpaired) electrons. The highest BCUT2D eigenvalue weighted by Crippen LogP contribution is 2.35. The standard InChI is InChI=1S/C22H23F6N7O/c1-12-6-21(24,25)11-35(16(12)10-34-20-32-7-13(8-33-20)22(26,27)28)19(36)17(29)14(9-30-2)18-15(23)4-3-5-31-18/h3-5,7-9,12,16,29-30H,6,10-11H2,1-2H3,(H,32,33,34)/b14-9+,29-17?/t12-,16?/m1/s1. The Balaban J connectivity index is 1.85. The molecule has 0 spiro atoms. The van der Waals surface area contributed by atoms with E-state index in [0.29, 0.717) is 12.4 Å². The molecule has 2 aromatic heterocycles. The lowest BCUT2D eigenvalue weighted by Crippen LogP contribution is -2.59. The molecule has 8 nitrogen and oxygen atoms in total. The first-order valence-corrected chi connectivity index (χ1v) is 10.7. The molecule has 0 aromatic carbocycles.